The Morgan fingerprint density at radius 2 is 1.77 bits per heavy atom. The number of para-hydroxylation sites is 1. The first-order valence-corrected chi connectivity index (χ1v) is 11.4. The van der Waals surface area contributed by atoms with Crippen LogP contribution < -0.4 is 9.47 Å². The van der Waals surface area contributed by atoms with Crippen molar-refractivity contribution in [3.8, 4) is 22.8 Å². The van der Waals surface area contributed by atoms with Crippen LogP contribution in [0.2, 0.25) is 0 Å². The summed E-state index contributed by atoms with van der Waals surface area (Å²) in [7, 11) is 3.17. The highest BCUT2D eigenvalue weighted by Gasteiger charge is 2.28. The minimum Gasteiger partial charge on any atom is -0.493 e. The summed E-state index contributed by atoms with van der Waals surface area (Å²) in [6.07, 6.45) is -0.313. The van der Waals surface area contributed by atoms with E-state index in [0.717, 1.165) is 22.0 Å². The maximum atomic E-state index is 13.8. The second-order valence-electron chi connectivity index (χ2n) is 8.30. The Kier molecular flexibility index (Phi) is 6.33. The first-order valence-electron chi connectivity index (χ1n) is 11.4. The molecule has 0 N–H and O–H groups in total. The van der Waals surface area contributed by atoms with E-state index in [-0.39, 0.29) is 17.8 Å². The molecule has 1 unspecified atom stereocenters. The van der Waals surface area contributed by atoms with Crippen LogP contribution in [0.4, 0.5) is 4.39 Å². The van der Waals surface area contributed by atoms with E-state index in [1.807, 2.05) is 48.5 Å². The summed E-state index contributed by atoms with van der Waals surface area (Å²) in [4.78, 5) is 20.4. The average Bonchev–Trinajstić information content (AvgIpc) is 2.92. The van der Waals surface area contributed by atoms with Crippen molar-refractivity contribution in [1.82, 2.24) is 9.88 Å². The lowest BCUT2D eigenvalue weighted by atomic mass is 10.0. The smallest absolute Gasteiger partial charge is 0.254 e. The number of amides is 1. The second-order valence-corrected chi connectivity index (χ2v) is 8.30. The Morgan fingerprint density at radius 1 is 1.00 bits per heavy atom. The molecule has 1 aliphatic rings. The summed E-state index contributed by atoms with van der Waals surface area (Å²) in [5.74, 6) is 0.806. The molecule has 4 aromatic rings. The highest BCUT2D eigenvalue weighted by atomic mass is 19.1. The van der Waals surface area contributed by atoms with E-state index in [4.69, 9.17) is 19.2 Å². The molecule has 1 atom stereocenters. The van der Waals surface area contributed by atoms with Gasteiger partial charge in [0.25, 0.3) is 5.91 Å². The number of ether oxygens (including phenoxy) is 3. The number of rotatable bonds is 5. The normalized spacial score (nSPS) is 15.7. The number of carbonyl (C=O) groups is 1. The minimum absolute atomic E-state index is 0.0965. The summed E-state index contributed by atoms with van der Waals surface area (Å²) in [5, 5.41) is 0.784. The van der Waals surface area contributed by atoms with Crippen molar-refractivity contribution in [2.75, 3.05) is 33.9 Å². The first kappa shape index (κ1) is 22.8. The molecule has 0 radical (unpaired) electrons. The first-order chi connectivity index (χ1) is 17.1. The van der Waals surface area contributed by atoms with Crippen LogP contribution in [-0.2, 0) is 4.74 Å². The number of aromatic nitrogens is 1. The van der Waals surface area contributed by atoms with Crippen LogP contribution in [0.1, 0.15) is 22.0 Å². The van der Waals surface area contributed by atoms with Gasteiger partial charge >= 0.3 is 0 Å². The van der Waals surface area contributed by atoms with Crippen LogP contribution in [-0.4, -0.2) is 49.7 Å². The van der Waals surface area contributed by atoms with Gasteiger partial charge in [0.05, 0.1) is 44.1 Å². The predicted octanol–water partition coefficient (Wildman–Crippen LogP) is 5.27. The average molecular weight is 473 g/mol. The molecule has 2 heterocycles. The number of fused-ring (bicyclic) bond motifs is 1. The highest BCUT2D eigenvalue weighted by Crippen LogP contribution is 2.34. The lowest BCUT2D eigenvalue weighted by molar-refractivity contribution is -0.0227. The molecule has 7 heteroatoms. The molecule has 0 saturated carbocycles. The Morgan fingerprint density at radius 3 is 2.54 bits per heavy atom. The molecule has 1 amide bonds. The Labute approximate surface area is 202 Å². The third-order valence-corrected chi connectivity index (χ3v) is 6.22. The predicted molar refractivity (Wildman–Crippen MR) is 131 cm³/mol. The van der Waals surface area contributed by atoms with Crippen LogP contribution in [0.25, 0.3) is 22.2 Å². The molecule has 0 bridgehead atoms. The minimum atomic E-state index is -0.313. The lowest BCUT2D eigenvalue weighted by Crippen LogP contribution is -2.42. The number of hydrogen-bond donors (Lipinski definition) is 0. The third kappa shape index (κ3) is 4.55. The Balaban J connectivity index is 1.52. The van der Waals surface area contributed by atoms with Crippen LogP contribution in [0.3, 0.4) is 0 Å². The van der Waals surface area contributed by atoms with Gasteiger partial charge < -0.3 is 19.1 Å². The zero-order chi connectivity index (χ0) is 24.4. The van der Waals surface area contributed by atoms with Crippen molar-refractivity contribution in [2.24, 2.45) is 0 Å². The van der Waals surface area contributed by atoms with Crippen LogP contribution >= 0.6 is 0 Å². The molecule has 0 spiro atoms. The molecule has 1 fully saturated rings. The molecule has 5 rings (SSSR count). The van der Waals surface area contributed by atoms with E-state index < -0.39 is 0 Å². The number of carbonyl (C=O) groups excluding carboxylic acids is 1. The molecular formula is C28H25FN2O4. The van der Waals surface area contributed by atoms with Gasteiger partial charge in [0.2, 0.25) is 0 Å². The molecule has 1 saturated heterocycles. The fourth-order valence-corrected chi connectivity index (χ4v) is 4.38. The van der Waals surface area contributed by atoms with Gasteiger partial charge in [0.1, 0.15) is 11.9 Å². The lowest BCUT2D eigenvalue weighted by Gasteiger charge is -2.33. The summed E-state index contributed by atoms with van der Waals surface area (Å²) < 4.78 is 30.1. The molecule has 0 aliphatic carbocycles. The molecular weight excluding hydrogens is 447 g/mol. The van der Waals surface area contributed by atoms with Gasteiger partial charge in [-0.2, -0.15) is 0 Å². The van der Waals surface area contributed by atoms with Gasteiger partial charge in [0, 0.05) is 17.5 Å². The fourth-order valence-electron chi connectivity index (χ4n) is 4.38. The fraction of sp³-hybridized carbons (Fsp3) is 0.214. The van der Waals surface area contributed by atoms with Gasteiger partial charge in [0.15, 0.2) is 11.5 Å². The number of hydrogen-bond acceptors (Lipinski definition) is 5. The number of methoxy groups -OCH3 is 2. The summed E-state index contributed by atoms with van der Waals surface area (Å²) in [5.41, 5.74) is 3.62. The molecule has 6 nitrogen and oxygen atoms in total. The van der Waals surface area contributed by atoms with Crippen molar-refractivity contribution in [3.05, 3.63) is 89.7 Å². The van der Waals surface area contributed by atoms with Gasteiger partial charge in [-0.25, -0.2) is 9.37 Å². The SMILES string of the molecule is COc1ccc(-c2cc(C(=O)N3CCOC(c4ccc(F)cc4)C3)c3ccccc3n2)cc1OC. The maximum absolute atomic E-state index is 13.8. The zero-order valence-electron chi connectivity index (χ0n) is 19.5. The van der Waals surface area contributed by atoms with Gasteiger partial charge in [-0.3, -0.25) is 4.79 Å². The summed E-state index contributed by atoms with van der Waals surface area (Å²) >= 11 is 0. The number of morpholine rings is 1. The molecule has 35 heavy (non-hydrogen) atoms. The standard InChI is InChI=1S/C28H25FN2O4/c1-33-25-12-9-19(15-26(25)34-2)24-16-22(21-5-3-4-6-23(21)30-24)28(32)31-13-14-35-27(17-31)18-7-10-20(29)11-8-18/h3-12,15-16,27H,13-14,17H2,1-2H3. The van der Waals surface area contributed by atoms with Crippen molar-refractivity contribution < 1.29 is 23.4 Å². The quantitative estimate of drug-likeness (QED) is 0.396. The van der Waals surface area contributed by atoms with E-state index >= 15 is 0 Å². The molecule has 1 aromatic heterocycles. The van der Waals surface area contributed by atoms with Crippen molar-refractivity contribution >= 4 is 16.8 Å². The summed E-state index contributed by atoms with van der Waals surface area (Å²) in [6, 6.07) is 21.2. The van der Waals surface area contributed by atoms with Gasteiger partial charge in [-0.05, 0) is 48.0 Å². The molecule has 178 valence electrons. The second kappa shape index (κ2) is 9.72. The Bertz CT molecular complexity index is 1370. The molecule has 3 aromatic carbocycles. The summed E-state index contributed by atoms with van der Waals surface area (Å²) in [6.45, 7) is 1.25. The largest absolute Gasteiger partial charge is 0.493 e. The van der Waals surface area contributed by atoms with Gasteiger partial charge in [-0.15, -0.1) is 0 Å². The number of nitrogens with zero attached hydrogens (tertiary/aromatic N) is 2. The topological polar surface area (TPSA) is 60.9 Å². The molecule has 1 aliphatic heterocycles. The van der Waals surface area contributed by atoms with E-state index in [0.29, 0.717) is 42.5 Å². The number of halogens is 1. The highest BCUT2D eigenvalue weighted by molar-refractivity contribution is 6.07. The zero-order valence-corrected chi connectivity index (χ0v) is 19.5. The number of pyridine rings is 1. The van der Waals surface area contributed by atoms with Crippen molar-refractivity contribution in [2.45, 2.75) is 6.10 Å². The van der Waals surface area contributed by atoms with E-state index in [1.54, 1.807) is 31.3 Å². The van der Waals surface area contributed by atoms with E-state index in [9.17, 15) is 9.18 Å². The van der Waals surface area contributed by atoms with E-state index in [1.165, 1.54) is 12.1 Å². The Hall–Kier alpha value is -3.97. The number of benzene rings is 3. The van der Waals surface area contributed by atoms with Crippen LogP contribution in [0.5, 0.6) is 11.5 Å². The van der Waals surface area contributed by atoms with Crippen molar-refractivity contribution in [3.63, 3.8) is 0 Å². The van der Waals surface area contributed by atoms with E-state index in [2.05, 4.69) is 0 Å². The van der Waals surface area contributed by atoms with Crippen LogP contribution in [0.15, 0.2) is 72.8 Å². The van der Waals surface area contributed by atoms with Gasteiger partial charge in [-0.1, -0.05) is 30.3 Å². The third-order valence-electron chi connectivity index (χ3n) is 6.22. The van der Waals surface area contributed by atoms with Crippen molar-refractivity contribution in [1.29, 1.82) is 0 Å². The monoisotopic (exact) mass is 472 g/mol. The maximum Gasteiger partial charge on any atom is 0.254 e. The van der Waals surface area contributed by atoms with Crippen LogP contribution in [0, 0.1) is 5.82 Å².